The highest BCUT2D eigenvalue weighted by Crippen LogP contribution is 2.20. The van der Waals surface area contributed by atoms with E-state index < -0.39 is 12.0 Å². The molecule has 2 fully saturated rings. The number of hydrogen-bond donors (Lipinski definition) is 2. The number of aliphatic carboxylic acids is 1. The summed E-state index contributed by atoms with van der Waals surface area (Å²) in [5, 5.41) is 12.4. The summed E-state index contributed by atoms with van der Waals surface area (Å²) in [6.45, 7) is 9.41. The minimum absolute atomic E-state index is 0.417. The Balaban J connectivity index is 1.68. The molecule has 0 aromatic heterocycles. The summed E-state index contributed by atoms with van der Waals surface area (Å²) >= 11 is 0. The third kappa shape index (κ3) is 5.57. The van der Waals surface area contributed by atoms with Crippen LogP contribution in [0.4, 0.5) is 0 Å². The first kappa shape index (κ1) is 16.7. The maximum Gasteiger partial charge on any atom is 0.322 e. The number of likely N-dealkylation sites (tertiary alicyclic amines) is 2. The van der Waals surface area contributed by atoms with Crippen LogP contribution < -0.4 is 5.32 Å². The van der Waals surface area contributed by atoms with E-state index in [-0.39, 0.29) is 0 Å². The average molecular weight is 297 g/mol. The summed E-state index contributed by atoms with van der Waals surface area (Å²) in [6.07, 6.45) is 6.14. The van der Waals surface area contributed by atoms with Crippen LogP contribution in [0.2, 0.25) is 0 Å². The molecule has 2 saturated heterocycles. The Bertz CT molecular complexity index is 311. The molecule has 0 bridgehead atoms. The summed E-state index contributed by atoms with van der Waals surface area (Å²) in [6, 6.07) is -0.417. The molecule has 21 heavy (non-hydrogen) atoms. The van der Waals surface area contributed by atoms with E-state index in [2.05, 4.69) is 22.0 Å². The van der Waals surface area contributed by atoms with E-state index in [9.17, 15) is 9.90 Å². The second-order valence-corrected chi connectivity index (χ2v) is 6.60. The Kier molecular flexibility index (Phi) is 6.93. The van der Waals surface area contributed by atoms with Crippen molar-refractivity contribution in [1.82, 2.24) is 15.1 Å². The highest BCUT2D eigenvalue weighted by molar-refractivity contribution is 5.73. The lowest BCUT2D eigenvalue weighted by atomic mass is 9.96. The van der Waals surface area contributed by atoms with E-state index in [4.69, 9.17) is 0 Å². The van der Waals surface area contributed by atoms with Crippen molar-refractivity contribution in [2.45, 2.75) is 45.1 Å². The van der Waals surface area contributed by atoms with Crippen molar-refractivity contribution in [2.75, 3.05) is 45.8 Å². The summed E-state index contributed by atoms with van der Waals surface area (Å²) in [7, 11) is 0. The number of nitrogens with one attached hydrogen (secondary N) is 1. The molecule has 1 unspecified atom stereocenters. The van der Waals surface area contributed by atoms with Gasteiger partial charge >= 0.3 is 5.97 Å². The molecule has 2 aliphatic heterocycles. The Labute approximate surface area is 128 Å². The first-order valence-corrected chi connectivity index (χ1v) is 8.60. The number of carbonyl (C=O) groups is 1. The average Bonchev–Trinajstić information content (AvgIpc) is 2.98. The lowest BCUT2D eigenvalue weighted by Crippen LogP contribution is -2.49. The minimum Gasteiger partial charge on any atom is -0.480 e. The van der Waals surface area contributed by atoms with Crippen molar-refractivity contribution < 1.29 is 9.90 Å². The van der Waals surface area contributed by atoms with Crippen LogP contribution in [0.15, 0.2) is 0 Å². The molecular formula is C16H31N3O2. The number of carboxylic acids is 1. The SMILES string of the molecule is CCCNC(CN1CCC(CN2CCCC2)CC1)C(=O)O. The molecule has 0 spiro atoms. The smallest absolute Gasteiger partial charge is 0.322 e. The molecule has 0 aromatic carbocycles. The van der Waals surface area contributed by atoms with Gasteiger partial charge in [0, 0.05) is 13.1 Å². The molecular weight excluding hydrogens is 266 g/mol. The molecule has 0 amide bonds. The molecule has 5 nitrogen and oxygen atoms in total. The zero-order valence-corrected chi connectivity index (χ0v) is 13.4. The number of hydrogen-bond acceptors (Lipinski definition) is 4. The molecule has 2 rings (SSSR count). The van der Waals surface area contributed by atoms with Crippen LogP contribution in [0.3, 0.4) is 0 Å². The van der Waals surface area contributed by atoms with Crippen molar-refractivity contribution >= 4 is 5.97 Å². The van der Waals surface area contributed by atoms with Crippen LogP contribution in [-0.4, -0.2) is 72.7 Å². The van der Waals surface area contributed by atoms with E-state index in [1.165, 1.54) is 45.3 Å². The molecule has 2 heterocycles. The van der Waals surface area contributed by atoms with Gasteiger partial charge in [0.1, 0.15) is 6.04 Å². The van der Waals surface area contributed by atoms with Gasteiger partial charge < -0.3 is 20.2 Å². The highest BCUT2D eigenvalue weighted by atomic mass is 16.4. The zero-order valence-electron chi connectivity index (χ0n) is 13.4. The van der Waals surface area contributed by atoms with Crippen LogP contribution in [0.25, 0.3) is 0 Å². The third-order valence-corrected chi connectivity index (χ3v) is 4.80. The van der Waals surface area contributed by atoms with Crippen LogP contribution in [0.5, 0.6) is 0 Å². The quantitative estimate of drug-likeness (QED) is 0.706. The lowest BCUT2D eigenvalue weighted by molar-refractivity contribution is -0.140. The molecule has 2 aliphatic rings. The second kappa shape index (κ2) is 8.71. The van der Waals surface area contributed by atoms with Gasteiger partial charge in [-0.15, -0.1) is 0 Å². The molecule has 2 N–H and O–H groups in total. The van der Waals surface area contributed by atoms with Gasteiger partial charge in [-0.1, -0.05) is 6.92 Å². The van der Waals surface area contributed by atoms with Gasteiger partial charge in [-0.05, 0) is 70.7 Å². The van der Waals surface area contributed by atoms with Gasteiger partial charge in [-0.25, -0.2) is 0 Å². The monoisotopic (exact) mass is 297 g/mol. The minimum atomic E-state index is -0.720. The van der Waals surface area contributed by atoms with E-state index in [0.717, 1.165) is 32.0 Å². The standard InChI is InChI=1S/C16H31N3O2/c1-2-7-17-15(16(20)21)13-19-10-5-14(6-11-19)12-18-8-3-4-9-18/h14-15,17H,2-13H2,1H3,(H,20,21). The van der Waals surface area contributed by atoms with Crippen molar-refractivity contribution in [1.29, 1.82) is 0 Å². The topological polar surface area (TPSA) is 55.8 Å². The Hall–Kier alpha value is -0.650. The van der Waals surface area contributed by atoms with Crippen LogP contribution in [0, 0.1) is 5.92 Å². The lowest BCUT2D eigenvalue weighted by Gasteiger charge is -2.35. The fourth-order valence-corrected chi connectivity index (χ4v) is 3.49. The van der Waals surface area contributed by atoms with E-state index in [0.29, 0.717) is 6.54 Å². The molecule has 0 aromatic rings. The molecule has 5 heteroatoms. The van der Waals surface area contributed by atoms with Crippen LogP contribution >= 0.6 is 0 Å². The predicted octanol–water partition coefficient (Wildman–Crippen LogP) is 1.25. The van der Waals surface area contributed by atoms with Crippen LogP contribution in [-0.2, 0) is 4.79 Å². The summed E-state index contributed by atoms with van der Waals surface area (Å²) in [5.41, 5.74) is 0. The number of piperidine rings is 1. The molecule has 1 atom stereocenters. The van der Waals surface area contributed by atoms with Crippen molar-refractivity contribution in [3.63, 3.8) is 0 Å². The Morgan fingerprint density at radius 1 is 1.19 bits per heavy atom. The third-order valence-electron chi connectivity index (χ3n) is 4.80. The fraction of sp³-hybridized carbons (Fsp3) is 0.938. The van der Waals surface area contributed by atoms with Gasteiger partial charge in [-0.2, -0.15) is 0 Å². The van der Waals surface area contributed by atoms with E-state index in [1.54, 1.807) is 0 Å². The molecule has 0 saturated carbocycles. The van der Waals surface area contributed by atoms with Gasteiger partial charge in [0.05, 0.1) is 0 Å². The van der Waals surface area contributed by atoms with Gasteiger partial charge in [-0.3, -0.25) is 4.79 Å². The van der Waals surface area contributed by atoms with Crippen molar-refractivity contribution in [3.05, 3.63) is 0 Å². The maximum atomic E-state index is 11.3. The number of nitrogens with zero attached hydrogens (tertiary/aromatic N) is 2. The summed E-state index contributed by atoms with van der Waals surface area (Å²) in [4.78, 5) is 16.2. The van der Waals surface area contributed by atoms with Crippen LogP contribution in [0.1, 0.15) is 39.0 Å². The van der Waals surface area contributed by atoms with Gasteiger partial charge in [0.15, 0.2) is 0 Å². The molecule has 0 aliphatic carbocycles. The van der Waals surface area contributed by atoms with E-state index >= 15 is 0 Å². The first-order chi connectivity index (χ1) is 10.2. The predicted molar refractivity (Wildman–Crippen MR) is 84.6 cm³/mol. The van der Waals surface area contributed by atoms with Crippen molar-refractivity contribution in [3.8, 4) is 0 Å². The van der Waals surface area contributed by atoms with Gasteiger partial charge in [0.2, 0.25) is 0 Å². The molecule has 0 radical (unpaired) electrons. The zero-order chi connectivity index (χ0) is 15.1. The molecule has 122 valence electrons. The fourth-order valence-electron chi connectivity index (χ4n) is 3.49. The van der Waals surface area contributed by atoms with E-state index in [1.807, 2.05) is 0 Å². The first-order valence-electron chi connectivity index (χ1n) is 8.60. The van der Waals surface area contributed by atoms with Crippen molar-refractivity contribution in [2.24, 2.45) is 5.92 Å². The van der Waals surface area contributed by atoms with Gasteiger partial charge in [0.25, 0.3) is 0 Å². The highest BCUT2D eigenvalue weighted by Gasteiger charge is 2.26. The number of rotatable bonds is 8. The summed E-state index contributed by atoms with van der Waals surface area (Å²) < 4.78 is 0. The second-order valence-electron chi connectivity index (χ2n) is 6.60. The Morgan fingerprint density at radius 3 is 2.43 bits per heavy atom. The largest absolute Gasteiger partial charge is 0.480 e. The maximum absolute atomic E-state index is 11.3. The normalized spacial score (nSPS) is 23.5. The Morgan fingerprint density at radius 2 is 1.86 bits per heavy atom. The summed E-state index contributed by atoms with van der Waals surface area (Å²) in [5.74, 6) is 0.0915. The number of carboxylic acid groups (broad SMARTS) is 1.